The number of likely N-dealkylation sites (tertiary alicyclic amines) is 1. The van der Waals surface area contributed by atoms with Crippen LogP contribution in [-0.2, 0) is 23.1 Å². The van der Waals surface area contributed by atoms with Crippen molar-refractivity contribution in [3.63, 3.8) is 0 Å². The summed E-state index contributed by atoms with van der Waals surface area (Å²) in [7, 11) is -3.62. The van der Waals surface area contributed by atoms with E-state index in [0.717, 1.165) is 58.8 Å². The zero-order valence-electron chi connectivity index (χ0n) is 21.2. The van der Waals surface area contributed by atoms with E-state index in [9.17, 15) is 8.42 Å². The molecular weight excluding hydrogens is 578 g/mol. The molecule has 0 spiro atoms. The van der Waals surface area contributed by atoms with E-state index in [4.69, 9.17) is 4.98 Å². The third-order valence-electron chi connectivity index (χ3n) is 7.13. The first-order valence-electron chi connectivity index (χ1n) is 12.9. The van der Waals surface area contributed by atoms with Gasteiger partial charge in [0.1, 0.15) is 5.82 Å². The van der Waals surface area contributed by atoms with Crippen molar-refractivity contribution in [2.24, 2.45) is 0 Å². The lowest BCUT2D eigenvalue weighted by atomic mass is 9.93. The van der Waals surface area contributed by atoms with E-state index in [-0.39, 0.29) is 0 Å². The number of aromatic nitrogens is 5. The molecule has 1 N–H and O–H groups in total. The lowest BCUT2D eigenvalue weighted by molar-refractivity contribution is 0.201. The summed E-state index contributed by atoms with van der Waals surface area (Å²) in [4.78, 5) is 11.8. The minimum Gasteiger partial charge on any atom is -0.366 e. The maximum absolute atomic E-state index is 13.2. The molecular formula is C28H28BrN7O2S. The molecule has 39 heavy (non-hydrogen) atoms. The number of fused-ring (bicyclic) bond motifs is 1. The normalized spacial score (nSPS) is 15.1. The van der Waals surface area contributed by atoms with Gasteiger partial charge in [0, 0.05) is 55.1 Å². The van der Waals surface area contributed by atoms with E-state index in [1.54, 1.807) is 48.9 Å². The number of nitrogens with zero attached hydrogens (tertiary/aromatic N) is 6. The van der Waals surface area contributed by atoms with E-state index >= 15 is 0 Å². The Labute approximate surface area is 235 Å². The van der Waals surface area contributed by atoms with E-state index in [0.29, 0.717) is 23.9 Å². The Hall–Kier alpha value is -3.54. The highest BCUT2D eigenvalue weighted by Crippen LogP contribution is 2.31. The fraction of sp³-hybridized carbons (Fsp3) is 0.250. The summed E-state index contributed by atoms with van der Waals surface area (Å²) in [6.45, 7) is 2.91. The van der Waals surface area contributed by atoms with Gasteiger partial charge in [-0.25, -0.2) is 17.4 Å². The molecule has 0 aliphatic carbocycles. The van der Waals surface area contributed by atoms with Crippen LogP contribution in [0.25, 0.3) is 5.65 Å². The summed E-state index contributed by atoms with van der Waals surface area (Å²) in [5.41, 5.74) is 3.67. The van der Waals surface area contributed by atoms with E-state index in [1.807, 2.05) is 35.0 Å². The molecule has 0 bridgehead atoms. The van der Waals surface area contributed by atoms with Crippen LogP contribution in [0.1, 0.15) is 35.7 Å². The van der Waals surface area contributed by atoms with Gasteiger partial charge in [-0.2, -0.15) is 9.61 Å². The number of hydrogen-bond acceptors (Lipinski definition) is 7. The summed E-state index contributed by atoms with van der Waals surface area (Å²) in [5, 5.41) is 7.99. The number of halogens is 1. The van der Waals surface area contributed by atoms with E-state index in [2.05, 4.69) is 42.3 Å². The number of piperidine rings is 1. The zero-order valence-corrected chi connectivity index (χ0v) is 23.6. The Bertz CT molecular complexity index is 1680. The number of rotatable bonds is 8. The largest absolute Gasteiger partial charge is 0.366 e. The second-order valence-electron chi connectivity index (χ2n) is 9.67. The van der Waals surface area contributed by atoms with Gasteiger partial charge in [0.2, 0.25) is 0 Å². The maximum Gasteiger partial charge on any atom is 0.267 e. The third-order valence-corrected chi connectivity index (χ3v) is 9.43. The molecule has 200 valence electrons. The third kappa shape index (κ3) is 5.34. The molecule has 11 heteroatoms. The molecule has 4 aromatic heterocycles. The Morgan fingerprint density at radius 2 is 1.82 bits per heavy atom. The lowest BCUT2D eigenvalue weighted by Crippen LogP contribution is -2.34. The van der Waals surface area contributed by atoms with Crippen molar-refractivity contribution < 1.29 is 8.42 Å². The SMILES string of the molecule is O=S(=O)(c1ccccc1)n1cccc1CN1CCC(c2cc(NCc3cccnc3)n3ncc(Br)c3n2)CC1. The zero-order chi connectivity index (χ0) is 26.8. The van der Waals surface area contributed by atoms with Gasteiger partial charge in [-0.15, -0.1) is 0 Å². The van der Waals surface area contributed by atoms with Gasteiger partial charge in [0.25, 0.3) is 10.0 Å². The van der Waals surface area contributed by atoms with Crippen molar-refractivity contribution >= 4 is 37.4 Å². The minimum atomic E-state index is -3.62. The molecule has 0 saturated carbocycles. The van der Waals surface area contributed by atoms with Crippen LogP contribution in [0.15, 0.2) is 94.8 Å². The van der Waals surface area contributed by atoms with Gasteiger partial charge in [-0.3, -0.25) is 9.88 Å². The van der Waals surface area contributed by atoms with Crippen LogP contribution in [-0.4, -0.2) is 50.0 Å². The van der Waals surface area contributed by atoms with Gasteiger partial charge in [-0.05, 0) is 77.8 Å². The van der Waals surface area contributed by atoms with Gasteiger partial charge < -0.3 is 5.32 Å². The molecule has 0 atom stereocenters. The minimum absolute atomic E-state index is 0.293. The summed E-state index contributed by atoms with van der Waals surface area (Å²) in [6, 6.07) is 18.3. The average molecular weight is 607 g/mol. The molecule has 1 fully saturated rings. The van der Waals surface area contributed by atoms with Gasteiger partial charge in [-0.1, -0.05) is 24.3 Å². The predicted octanol–water partition coefficient (Wildman–Crippen LogP) is 4.92. The summed E-state index contributed by atoms with van der Waals surface area (Å²) in [6.07, 6.45) is 8.88. The molecule has 5 heterocycles. The molecule has 5 aromatic rings. The highest BCUT2D eigenvalue weighted by molar-refractivity contribution is 9.10. The Morgan fingerprint density at radius 1 is 1.00 bits per heavy atom. The number of anilines is 1. The van der Waals surface area contributed by atoms with Crippen LogP contribution in [0.4, 0.5) is 5.82 Å². The Kier molecular flexibility index (Phi) is 7.20. The lowest BCUT2D eigenvalue weighted by Gasteiger charge is -2.32. The van der Waals surface area contributed by atoms with Crippen molar-refractivity contribution in [2.45, 2.75) is 36.7 Å². The first-order chi connectivity index (χ1) is 19.0. The number of pyridine rings is 1. The van der Waals surface area contributed by atoms with Gasteiger partial charge >= 0.3 is 0 Å². The van der Waals surface area contributed by atoms with Gasteiger partial charge in [0.15, 0.2) is 5.65 Å². The van der Waals surface area contributed by atoms with E-state index < -0.39 is 10.0 Å². The van der Waals surface area contributed by atoms with Crippen LogP contribution in [0.3, 0.4) is 0 Å². The predicted molar refractivity (Wildman–Crippen MR) is 153 cm³/mol. The van der Waals surface area contributed by atoms with Crippen LogP contribution in [0, 0.1) is 0 Å². The number of nitrogens with one attached hydrogen (secondary N) is 1. The fourth-order valence-electron chi connectivity index (χ4n) is 5.07. The fourth-order valence-corrected chi connectivity index (χ4v) is 6.80. The molecule has 0 radical (unpaired) electrons. The topological polar surface area (TPSA) is 97.4 Å². The summed E-state index contributed by atoms with van der Waals surface area (Å²) < 4.78 is 30.5. The molecule has 1 aliphatic rings. The first kappa shape index (κ1) is 25.7. The average Bonchev–Trinajstić information content (AvgIpc) is 3.60. The summed E-state index contributed by atoms with van der Waals surface area (Å²) in [5.74, 6) is 1.18. The van der Waals surface area contributed by atoms with Crippen LogP contribution in [0.5, 0.6) is 0 Å². The molecule has 9 nitrogen and oxygen atoms in total. The smallest absolute Gasteiger partial charge is 0.267 e. The number of benzene rings is 1. The van der Waals surface area contributed by atoms with E-state index in [1.165, 1.54) is 3.97 Å². The first-order valence-corrected chi connectivity index (χ1v) is 15.1. The second kappa shape index (κ2) is 10.9. The van der Waals surface area contributed by atoms with Crippen molar-refractivity contribution in [3.05, 3.63) is 107 Å². The molecule has 1 aromatic carbocycles. The highest BCUT2D eigenvalue weighted by Gasteiger charge is 2.26. The number of hydrogen-bond donors (Lipinski definition) is 1. The monoisotopic (exact) mass is 605 g/mol. The quantitative estimate of drug-likeness (QED) is 0.268. The molecule has 6 rings (SSSR count). The van der Waals surface area contributed by atoms with Crippen molar-refractivity contribution in [1.29, 1.82) is 0 Å². The van der Waals surface area contributed by atoms with Crippen molar-refractivity contribution in [2.75, 3.05) is 18.4 Å². The van der Waals surface area contributed by atoms with Crippen LogP contribution < -0.4 is 5.32 Å². The van der Waals surface area contributed by atoms with Gasteiger partial charge in [0.05, 0.1) is 15.6 Å². The summed E-state index contributed by atoms with van der Waals surface area (Å²) >= 11 is 3.59. The maximum atomic E-state index is 13.2. The van der Waals surface area contributed by atoms with Crippen LogP contribution >= 0.6 is 15.9 Å². The Balaban J connectivity index is 1.16. The standard InChI is InChI=1S/C28H28BrN7O2S/c29-25-19-32-36-27(31-18-21-6-4-12-30-17-21)16-26(33-28(25)36)22-10-14-34(15-11-22)20-23-7-5-13-35(23)39(37,38)24-8-2-1-3-9-24/h1-9,12-13,16-17,19,22,31H,10-11,14-15,18,20H2. The molecule has 1 saturated heterocycles. The highest BCUT2D eigenvalue weighted by atomic mass is 79.9. The molecule has 0 amide bonds. The molecule has 0 unspecified atom stereocenters. The van der Waals surface area contributed by atoms with Crippen LogP contribution in [0.2, 0.25) is 0 Å². The Morgan fingerprint density at radius 3 is 2.59 bits per heavy atom. The van der Waals surface area contributed by atoms with Crippen molar-refractivity contribution in [1.82, 2.24) is 28.5 Å². The van der Waals surface area contributed by atoms with Crippen molar-refractivity contribution in [3.8, 4) is 0 Å². The molecule has 1 aliphatic heterocycles. The second-order valence-corrected chi connectivity index (χ2v) is 12.3.